The molecule has 2 fully saturated rings. The van der Waals surface area contributed by atoms with Crippen molar-refractivity contribution < 1.29 is 33.7 Å². The maximum Gasteiger partial charge on any atom is 0.355 e. The first-order valence-corrected chi connectivity index (χ1v) is 12.9. The second-order valence-electron chi connectivity index (χ2n) is 9.39. The van der Waals surface area contributed by atoms with Gasteiger partial charge in [0, 0.05) is 43.0 Å². The van der Waals surface area contributed by atoms with Gasteiger partial charge in [-0.2, -0.15) is 0 Å². The number of ketones is 1. The van der Waals surface area contributed by atoms with Crippen LogP contribution in [0.4, 0.5) is 0 Å². The van der Waals surface area contributed by atoms with Crippen molar-refractivity contribution in [1.82, 2.24) is 14.8 Å². The van der Waals surface area contributed by atoms with Crippen LogP contribution in [0.5, 0.6) is 5.75 Å². The van der Waals surface area contributed by atoms with Gasteiger partial charge in [-0.15, -0.1) is 0 Å². The number of hydrogen-bond donors (Lipinski definition) is 2. The van der Waals surface area contributed by atoms with Crippen LogP contribution in [0.15, 0.2) is 29.8 Å². The number of nitrogens with zero attached hydrogens (tertiary/aromatic N) is 2. The Labute approximate surface area is 222 Å². The Morgan fingerprint density at radius 1 is 1.16 bits per heavy atom. The fraction of sp³-hybridized carbons (Fsp3) is 0.464. The molecule has 10 heteroatoms. The summed E-state index contributed by atoms with van der Waals surface area (Å²) in [6, 6.07) is 6.31. The highest BCUT2D eigenvalue weighted by Gasteiger charge is 2.47. The summed E-state index contributed by atoms with van der Waals surface area (Å²) in [5.74, 6) is -1.85. The number of Topliss-reactive ketones (excluding diaryl/α,β-unsaturated/α-hetero) is 1. The fourth-order valence-electron chi connectivity index (χ4n) is 5.26. The maximum absolute atomic E-state index is 13.5. The van der Waals surface area contributed by atoms with Crippen molar-refractivity contribution in [1.29, 1.82) is 0 Å². The van der Waals surface area contributed by atoms with Crippen LogP contribution >= 0.6 is 0 Å². The first-order valence-electron chi connectivity index (χ1n) is 12.9. The molecule has 1 aromatic carbocycles. The van der Waals surface area contributed by atoms with Crippen molar-refractivity contribution in [2.24, 2.45) is 0 Å². The molecular formula is C28H35N3O7. The summed E-state index contributed by atoms with van der Waals surface area (Å²) in [6.45, 7) is 9.34. The zero-order valence-electron chi connectivity index (χ0n) is 22.3. The van der Waals surface area contributed by atoms with E-state index in [0.717, 1.165) is 19.6 Å². The standard InChI is InChI=1S/C28H35N3O7/c1-5-38-28(35)23-17(2)21(18(3)29-23)25(32)22-24(19-9-6-7-10-20(19)36-4)31(27(34)26(22)33)12-8-11-30-13-15-37-16-14-30/h6-7,9-10,24,29,32H,5,8,11-16H2,1-4H3/t24-/m1/s1. The average Bonchev–Trinajstić information content (AvgIpc) is 3.36. The van der Waals surface area contributed by atoms with Gasteiger partial charge in [0.1, 0.15) is 17.2 Å². The van der Waals surface area contributed by atoms with Crippen LogP contribution in [-0.4, -0.2) is 90.7 Å². The topological polar surface area (TPSA) is 121 Å². The number of amides is 1. The van der Waals surface area contributed by atoms with Gasteiger partial charge in [-0.3, -0.25) is 14.5 Å². The number of aromatic amines is 1. The Balaban J connectivity index is 1.77. The molecule has 0 aliphatic carbocycles. The van der Waals surface area contributed by atoms with E-state index in [1.807, 2.05) is 0 Å². The minimum Gasteiger partial charge on any atom is -0.507 e. The van der Waals surface area contributed by atoms with E-state index in [9.17, 15) is 19.5 Å². The van der Waals surface area contributed by atoms with E-state index in [1.165, 1.54) is 12.0 Å². The molecule has 2 N–H and O–H groups in total. The number of morpholine rings is 1. The second-order valence-corrected chi connectivity index (χ2v) is 9.39. The molecule has 0 unspecified atom stereocenters. The molecule has 2 aliphatic heterocycles. The number of H-pyrrole nitrogens is 1. The molecule has 3 heterocycles. The molecule has 1 atom stereocenters. The molecular weight excluding hydrogens is 490 g/mol. The summed E-state index contributed by atoms with van der Waals surface area (Å²) in [6.07, 6.45) is 0.647. The third-order valence-electron chi connectivity index (χ3n) is 7.10. The van der Waals surface area contributed by atoms with Crippen LogP contribution in [0.3, 0.4) is 0 Å². The van der Waals surface area contributed by atoms with Gasteiger partial charge in [-0.25, -0.2) is 4.79 Å². The molecule has 1 amide bonds. The lowest BCUT2D eigenvalue weighted by atomic mass is 9.93. The third kappa shape index (κ3) is 5.19. The van der Waals surface area contributed by atoms with E-state index in [1.54, 1.807) is 45.0 Å². The molecule has 0 saturated carbocycles. The van der Waals surface area contributed by atoms with Crippen molar-refractivity contribution in [2.75, 3.05) is 53.1 Å². The van der Waals surface area contributed by atoms with Crippen molar-refractivity contribution in [3.8, 4) is 5.75 Å². The lowest BCUT2D eigenvalue weighted by Gasteiger charge is -2.29. The molecule has 0 bridgehead atoms. The van der Waals surface area contributed by atoms with E-state index in [0.29, 0.717) is 54.3 Å². The zero-order valence-corrected chi connectivity index (χ0v) is 22.3. The Morgan fingerprint density at radius 2 is 1.87 bits per heavy atom. The number of aliphatic hydroxyl groups is 1. The summed E-state index contributed by atoms with van der Waals surface area (Å²) in [7, 11) is 1.52. The van der Waals surface area contributed by atoms with Gasteiger partial charge in [0.05, 0.1) is 38.5 Å². The number of rotatable bonds is 9. The largest absolute Gasteiger partial charge is 0.507 e. The fourth-order valence-corrected chi connectivity index (χ4v) is 5.26. The minimum absolute atomic E-state index is 0.0357. The van der Waals surface area contributed by atoms with Gasteiger partial charge in [0.15, 0.2) is 0 Å². The lowest BCUT2D eigenvalue weighted by molar-refractivity contribution is -0.140. The molecule has 4 rings (SSSR count). The number of hydrogen-bond acceptors (Lipinski definition) is 8. The quantitative estimate of drug-likeness (QED) is 0.222. The average molecular weight is 526 g/mol. The van der Waals surface area contributed by atoms with E-state index in [2.05, 4.69) is 9.88 Å². The minimum atomic E-state index is -0.851. The highest BCUT2D eigenvalue weighted by Crippen LogP contribution is 2.43. The highest BCUT2D eigenvalue weighted by molar-refractivity contribution is 6.46. The monoisotopic (exact) mass is 525 g/mol. The van der Waals surface area contributed by atoms with Crippen molar-refractivity contribution >= 4 is 23.4 Å². The maximum atomic E-state index is 13.5. The van der Waals surface area contributed by atoms with Gasteiger partial charge < -0.3 is 29.2 Å². The van der Waals surface area contributed by atoms with Crippen LogP contribution < -0.4 is 4.74 Å². The zero-order chi connectivity index (χ0) is 27.4. The van der Waals surface area contributed by atoms with Crippen LogP contribution in [-0.2, 0) is 19.1 Å². The smallest absolute Gasteiger partial charge is 0.355 e. The van der Waals surface area contributed by atoms with Gasteiger partial charge in [-0.1, -0.05) is 18.2 Å². The van der Waals surface area contributed by atoms with Crippen LogP contribution in [0, 0.1) is 13.8 Å². The van der Waals surface area contributed by atoms with Crippen LogP contribution in [0.2, 0.25) is 0 Å². The molecule has 204 valence electrons. The first kappa shape index (κ1) is 27.4. The SMILES string of the molecule is CCOC(=O)c1[nH]c(C)c(C(O)=C2C(=O)C(=O)N(CCCN3CCOCC3)[C@@H]2c2ccccc2OC)c1C. The number of ether oxygens (including phenoxy) is 3. The van der Waals surface area contributed by atoms with E-state index in [4.69, 9.17) is 14.2 Å². The Morgan fingerprint density at radius 3 is 2.55 bits per heavy atom. The highest BCUT2D eigenvalue weighted by atomic mass is 16.5. The van der Waals surface area contributed by atoms with Gasteiger partial charge in [-0.05, 0) is 38.8 Å². The Bertz CT molecular complexity index is 1240. The number of carbonyl (C=O) groups excluding carboxylic acids is 3. The summed E-state index contributed by atoms with van der Waals surface area (Å²) >= 11 is 0. The number of aliphatic hydroxyl groups excluding tert-OH is 1. The number of carbonyl (C=O) groups is 3. The molecule has 38 heavy (non-hydrogen) atoms. The number of aromatic nitrogens is 1. The summed E-state index contributed by atoms with van der Waals surface area (Å²) < 4.78 is 16.1. The molecule has 1 aromatic heterocycles. The second kappa shape index (κ2) is 11.8. The molecule has 2 saturated heterocycles. The molecule has 2 aromatic rings. The van der Waals surface area contributed by atoms with Crippen LogP contribution in [0.25, 0.3) is 5.76 Å². The number of aryl methyl sites for hydroxylation is 1. The normalized spacial score (nSPS) is 19.7. The van der Waals surface area contributed by atoms with Crippen LogP contribution in [0.1, 0.15) is 52.3 Å². The number of esters is 1. The Hall–Kier alpha value is -3.63. The molecule has 0 radical (unpaired) electrons. The van der Waals surface area contributed by atoms with Gasteiger partial charge >= 0.3 is 5.97 Å². The molecule has 2 aliphatic rings. The van der Waals surface area contributed by atoms with Crippen molar-refractivity contribution in [3.63, 3.8) is 0 Å². The van der Waals surface area contributed by atoms with E-state index >= 15 is 0 Å². The van der Waals surface area contributed by atoms with Gasteiger partial charge in [0.25, 0.3) is 11.7 Å². The number of nitrogens with one attached hydrogen (secondary N) is 1. The van der Waals surface area contributed by atoms with Crippen molar-refractivity contribution in [3.05, 3.63) is 57.9 Å². The predicted molar refractivity (Wildman–Crippen MR) is 140 cm³/mol. The summed E-state index contributed by atoms with van der Waals surface area (Å²) in [5.41, 5.74) is 1.99. The third-order valence-corrected chi connectivity index (χ3v) is 7.10. The number of benzene rings is 1. The first-order chi connectivity index (χ1) is 18.3. The Kier molecular flexibility index (Phi) is 8.53. The van der Waals surface area contributed by atoms with Crippen molar-refractivity contribution in [2.45, 2.75) is 33.2 Å². The number of likely N-dealkylation sites (tertiary alicyclic amines) is 1. The number of para-hydroxylation sites is 1. The lowest BCUT2D eigenvalue weighted by Crippen LogP contribution is -2.39. The van der Waals surface area contributed by atoms with Gasteiger partial charge in [0.2, 0.25) is 0 Å². The molecule has 10 nitrogen and oxygen atoms in total. The van der Waals surface area contributed by atoms with E-state index in [-0.39, 0.29) is 23.6 Å². The summed E-state index contributed by atoms with van der Waals surface area (Å²) in [5, 5.41) is 11.6. The number of methoxy groups -OCH3 is 1. The summed E-state index contributed by atoms with van der Waals surface area (Å²) in [4.78, 5) is 46.0. The van der Waals surface area contributed by atoms with E-state index < -0.39 is 23.7 Å². The molecule has 0 spiro atoms. The predicted octanol–water partition coefficient (Wildman–Crippen LogP) is 2.96.